The summed E-state index contributed by atoms with van der Waals surface area (Å²) in [6, 6.07) is 8.22. The maximum atomic E-state index is 11.9. The van der Waals surface area contributed by atoms with Crippen LogP contribution in [0.2, 0.25) is 0 Å². The van der Waals surface area contributed by atoms with E-state index in [1.807, 2.05) is 17.0 Å². The average molecular weight is 543 g/mol. The van der Waals surface area contributed by atoms with Crippen molar-refractivity contribution in [1.29, 1.82) is 0 Å². The highest BCUT2D eigenvalue weighted by atomic mass is 127. The third-order valence-electron chi connectivity index (χ3n) is 5.87. The van der Waals surface area contributed by atoms with Crippen LogP contribution in [0.4, 0.5) is 5.69 Å². The number of amides is 1. The van der Waals surface area contributed by atoms with Gasteiger partial charge in [-0.1, -0.05) is 19.1 Å². The molecule has 174 valence electrons. The van der Waals surface area contributed by atoms with Crippen molar-refractivity contribution < 1.29 is 4.79 Å². The fourth-order valence-electron chi connectivity index (χ4n) is 4.02. The summed E-state index contributed by atoms with van der Waals surface area (Å²) in [5.41, 5.74) is 2.14. The smallest absolute Gasteiger partial charge is 0.227 e. The number of likely N-dealkylation sites (N-methyl/N-ethyl adjacent to an activating group) is 1. The van der Waals surface area contributed by atoms with Crippen molar-refractivity contribution in [2.75, 3.05) is 64.3 Å². The SMILES string of the molecule is CCNC(=NCc1ccc(N2CCCC2=O)cc1)NCC(C)CN1CCN(C)CC1.I. The standard InChI is InChI=1S/C23H38N6O.HI/c1-4-24-23(25-16-19(2)18-28-14-12-27(3)13-15-28)26-17-20-7-9-21(10-8-20)29-11-5-6-22(29)30;/h7-10,19H,4-6,11-18H2,1-3H3,(H2,24,25,26);1H. The molecular formula is C23H39IN6O. The van der Waals surface area contributed by atoms with Crippen LogP contribution in [0, 0.1) is 5.92 Å². The van der Waals surface area contributed by atoms with E-state index in [1.54, 1.807) is 0 Å². The van der Waals surface area contributed by atoms with Gasteiger partial charge in [-0.3, -0.25) is 4.79 Å². The molecule has 2 N–H and O–H groups in total. The van der Waals surface area contributed by atoms with Crippen LogP contribution in [-0.2, 0) is 11.3 Å². The second kappa shape index (κ2) is 13.2. The first-order valence-electron chi connectivity index (χ1n) is 11.4. The first-order valence-corrected chi connectivity index (χ1v) is 11.4. The zero-order valence-electron chi connectivity index (χ0n) is 19.3. The molecule has 1 atom stereocenters. The van der Waals surface area contributed by atoms with Gasteiger partial charge in [0.05, 0.1) is 6.54 Å². The number of halogens is 1. The zero-order chi connectivity index (χ0) is 21.3. The Kier molecular flexibility index (Phi) is 11.0. The Balaban J connectivity index is 0.00000341. The Labute approximate surface area is 204 Å². The number of guanidine groups is 1. The van der Waals surface area contributed by atoms with Crippen molar-refractivity contribution in [2.45, 2.75) is 33.2 Å². The molecule has 8 heteroatoms. The maximum absolute atomic E-state index is 11.9. The van der Waals surface area contributed by atoms with Gasteiger partial charge in [0.2, 0.25) is 5.91 Å². The number of carbonyl (C=O) groups excluding carboxylic acids is 1. The van der Waals surface area contributed by atoms with Gasteiger partial charge < -0.3 is 25.3 Å². The highest BCUT2D eigenvalue weighted by Crippen LogP contribution is 2.21. The van der Waals surface area contributed by atoms with E-state index in [2.05, 4.69) is 53.5 Å². The predicted molar refractivity (Wildman–Crippen MR) is 139 cm³/mol. The molecule has 2 heterocycles. The van der Waals surface area contributed by atoms with E-state index in [9.17, 15) is 4.79 Å². The van der Waals surface area contributed by atoms with Crippen LogP contribution in [0.25, 0.3) is 0 Å². The summed E-state index contributed by atoms with van der Waals surface area (Å²) in [5.74, 6) is 1.65. The van der Waals surface area contributed by atoms with E-state index < -0.39 is 0 Å². The van der Waals surface area contributed by atoms with Crippen LogP contribution in [0.15, 0.2) is 29.3 Å². The van der Waals surface area contributed by atoms with E-state index in [-0.39, 0.29) is 29.9 Å². The summed E-state index contributed by atoms with van der Waals surface area (Å²) in [7, 11) is 2.20. The highest BCUT2D eigenvalue weighted by molar-refractivity contribution is 14.0. The normalized spacial score (nSPS) is 19.3. The zero-order valence-corrected chi connectivity index (χ0v) is 21.6. The van der Waals surface area contributed by atoms with Gasteiger partial charge in [-0.25, -0.2) is 4.99 Å². The molecule has 2 aliphatic rings. The summed E-state index contributed by atoms with van der Waals surface area (Å²) in [6.07, 6.45) is 1.62. The molecule has 0 aromatic heterocycles. The van der Waals surface area contributed by atoms with E-state index in [0.29, 0.717) is 18.9 Å². The van der Waals surface area contributed by atoms with Gasteiger partial charge in [-0.15, -0.1) is 24.0 Å². The quantitative estimate of drug-likeness (QED) is 0.300. The number of rotatable bonds is 8. The predicted octanol–water partition coefficient (Wildman–Crippen LogP) is 2.37. The number of carbonyl (C=O) groups is 1. The summed E-state index contributed by atoms with van der Waals surface area (Å²) in [6.45, 7) is 13.4. The van der Waals surface area contributed by atoms with Crippen molar-refractivity contribution in [1.82, 2.24) is 20.4 Å². The molecule has 0 spiro atoms. The van der Waals surface area contributed by atoms with Crippen molar-refractivity contribution in [2.24, 2.45) is 10.9 Å². The van der Waals surface area contributed by atoms with Crippen LogP contribution in [0.1, 0.15) is 32.3 Å². The minimum atomic E-state index is 0. The first-order chi connectivity index (χ1) is 14.5. The molecule has 0 aliphatic carbocycles. The molecule has 31 heavy (non-hydrogen) atoms. The van der Waals surface area contributed by atoms with Gasteiger partial charge in [-0.2, -0.15) is 0 Å². The lowest BCUT2D eigenvalue weighted by molar-refractivity contribution is -0.117. The Hall–Kier alpha value is -1.39. The minimum Gasteiger partial charge on any atom is -0.357 e. The number of benzene rings is 1. The molecule has 3 rings (SSSR count). The Bertz CT molecular complexity index is 703. The number of aliphatic imine (C=N–C) groups is 1. The monoisotopic (exact) mass is 542 g/mol. The van der Waals surface area contributed by atoms with Crippen LogP contribution >= 0.6 is 24.0 Å². The lowest BCUT2D eigenvalue weighted by Gasteiger charge is -2.34. The largest absolute Gasteiger partial charge is 0.357 e. The van der Waals surface area contributed by atoms with E-state index in [0.717, 1.165) is 76.0 Å². The number of hydrogen-bond acceptors (Lipinski definition) is 4. The highest BCUT2D eigenvalue weighted by Gasteiger charge is 2.21. The first kappa shape index (κ1) is 25.9. The molecule has 2 aliphatic heterocycles. The van der Waals surface area contributed by atoms with Gasteiger partial charge in [0.25, 0.3) is 0 Å². The molecule has 1 aromatic carbocycles. The molecule has 7 nitrogen and oxygen atoms in total. The van der Waals surface area contributed by atoms with Crippen molar-refractivity contribution >= 4 is 41.5 Å². The Morgan fingerprint density at radius 1 is 1.10 bits per heavy atom. The third kappa shape index (κ3) is 8.23. The average Bonchev–Trinajstić information content (AvgIpc) is 3.18. The number of nitrogens with one attached hydrogen (secondary N) is 2. The van der Waals surface area contributed by atoms with Crippen molar-refractivity contribution in [3.63, 3.8) is 0 Å². The summed E-state index contributed by atoms with van der Waals surface area (Å²) >= 11 is 0. The van der Waals surface area contributed by atoms with Gasteiger partial charge >= 0.3 is 0 Å². The molecule has 0 bridgehead atoms. The third-order valence-corrected chi connectivity index (χ3v) is 5.87. The van der Waals surface area contributed by atoms with E-state index in [1.165, 1.54) is 0 Å². The number of anilines is 1. The van der Waals surface area contributed by atoms with E-state index >= 15 is 0 Å². The van der Waals surface area contributed by atoms with Gasteiger partial charge in [0.1, 0.15) is 0 Å². The molecular weight excluding hydrogens is 503 g/mol. The lowest BCUT2D eigenvalue weighted by atomic mass is 10.1. The lowest BCUT2D eigenvalue weighted by Crippen LogP contribution is -2.47. The summed E-state index contributed by atoms with van der Waals surface area (Å²) in [5, 5.41) is 6.85. The summed E-state index contributed by atoms with van der Waals surface area (Å²) in [4.78, 5) is 23.5. The van der Waals surface area contributed by atoms with Gasteiger partial charge in [-0.05, 0) is 44.0 Å². The second-order valence-corrected chi connectivity index (χ2v) is 8.60. The van der Waals surface area contributed by atoms with Crippen LogP contribution < -0.4 is 15.5 Å². The minimum absolute atomic E-state index is 0. The maximum Gasteiger partial charge on any atom is 0.227 e. The number of hydrogen-bond donors (Lipinski definition) is 2. The summed E-state index contributed by atoms with van der Waals surface area (Å²) < 4.78 is 0. The fraction of sp³-hybridized carbons (Fsp3) is 0.652. The topological polar surface area (TPSA) is 63.2 Å². The van der Waals surface area contributed by atoms with Crippen LogP contribution in [0.3, 0.4) is 0 Å². The van der Waals surface area contributed by atoms with Crippen molar-refractivity contribution in [3.05, 3.63) is 29.8 Å². The molecule has 1 amide bonds. The van der Waals surface area contributed by atoms with Crippen LogP contribution in [-0.4, -0.2) is 81.1 Å². The molecule has 1 aromatic rings. The molecule has 2 fully saturated rings. The molecule has 0 radical (unpaired) electrons. The Morgan fingerprint density at radius 2 is 1.81 bits per heavy atom. The van der Waals surface area contributed by atoms with E-state index in [4.69, 9.17) is 4.99 Å². The molecule has 2 saturated heterocycles. The molecule has 0 saturated carbocycles. The van der Waals surface area contributed by atoms with Gasteiger partial charge in [0, 0.05) is 64.5 Å². The second-order valence-electron chi connectivity index (χ2n) is 8.60. The van der Waals surface area contributed by atoms with Crippen LogP contribution in [0.5, 0.6) is 0 Å². The molecule has 1 unspecified atom stereocenters. The number of nitrogens with zero attached hydrogens (tertiary/aromatic N) is 4. The fourth-order valence-corrected chi connectivity index (χ4v) is 4.02. The van der Waals surface area contributed by atoms with Gasteiger partial charge in [0.15, 0.2) is 5.96 Å². The van der Waals surface area contributed by atoms with Crippen molar-refractivity contribution in [3.8, 4) is 0 Å². The number of piperazine rings is 1. The Morgan fingerprint density at radius 3 is 2.42 bits per heavy atom.